The van der Waals surface area contributed by atoms with E-state index in [4.69, 9.17) is 28.2 Å². The molecule has 2 aromatic carbocycles. The number of hydrogen-bond donors (Lipinski definition) is 4. The molecule has 8 rings (SSSR count). The monoisotopic (exact) mass is 735 g/mol. The zero-order chi connectivity index (χ0) is 35.8. The zero-order valence-electron chi connectivity index (χ0n) is 28.0. The van der Waals surface area contributed by atoms with E-state index in [1.807, 2.05) is 54.7 Å². The molecule has 12 nitrogen and oxygen atoms in total. The number of rotatable bonds is 11. The van der Waals surface area contributed by atoms with Gasteiger partial charge >= 0.3 is 0 Å². The van der Waals surface area contributed by atoms with Crippen molar-refractivity contribution in [1.29, 1.82) is 0 Å². The summed E-state index contributed by atoms with van der Waals surface area (Å²) in [4.78, 5) is 45.5. The maximum Gasteiger partial charge on any atom is 0.262 e. The molecule has 0 spiro atoms. The minimum Gasteiger partial charge on any atom is -0.352 e. The molecule has 2 saturated heterocycles. The van der Waals surface area contributed by atoms with E-state index in [2.05, 4.69) is 31.3 Å². The van der Waals surface area contributed by atoms with Crippen LogP contribution in [0.4, 0.5) is 0 Å². The standard InChI is InChI=1S/C38H35Cl2N9O3/c39-35-28(22-11-12-48-32(13-22)43-16-24(38(48)52)15-42-20-27-8-10-34(51)47-27)3-1-5-30(35)31-6-2-4-29(36(31)40)25-17-44-37-23(18-45-49(37)21-25)14-41-19-26-7-9-33(50)46-26/h1-6,11-13,16-18,21,26-27,41-42H,7-10,14-15,19-20H2,(H,46,50)(H,47,51)/t26-,27-/m1/s1. The number of pyridine rings is 1. The third-order valence-corrected chi connectivity index (χ3v) is 10.5. The zero-order valence-corrected chi connectivity index (χ0v) is 29.5. The second-order valence-corrected chi connectivity index (χ2v) is 14.0. The highest BCUT2D eigenvalue weighted by Gasteiger charge is 2.22. The van der Waals surface area contributed by atoms with Gasteiger partial charge in [-0.1, -0.05) is 59.6 Å². The van der Waals surface area contributed by atoms with Crippen molar-refractivity contribution in [3.05, 3.63) is 111 Å². The van der Waals surface area contributed by atoms with Crippen LogP contribution in [0.1, 0.15) is 36.8 Å². The number of hydrogen-bond acceptors (Lipinski definition) is 8. The van der Waals surface area contributed by atoms with Gasteiger partial charge in [0.05, 0.1) is 16.2 Å². The minimum absolute atomic E-state index is 0.0617. The van der Waals surface area contributed by atoms with Crippen molar-refractivity contribution in [2.45, 2.75) is 50.9 Å². The second kappa shape index (κ2) is 14.5. The highest BCUT2D eigenvalue weighted by atomic mass is 35.5. The van der Waals surface area contributed by atoms with Crippen LogP contribution in [0.15, 0.2) is 84.3 Å². The fourth-order valence-electron chi connectivity index (χ4n) is 6.94. The molecule has 264 valence electrons. The van der Waals surface area contributed by atoms with Crippen molar-refractivity contribution in [2.24, 2.45) is 0 Å². The van der Waals surface area contributed by atoms with Gasteiger partial charge < -0.3 is 21.3 Å². The Kier molecular flexibility index (Phi) is 9.45. The molecule has 2 amide bonds. The fraction of sp³-hybridized carbons (Fsp3) is 0.263. The summed E-state index contributed by atoms with van der Waals surface area (Å²) in [6.45, 7) is 2.21. The molecular weight excluding hydrogens is 701 g/mol. The van der Waals surface area contributed by atoms with Gasteiger partial charge in [-0.25, -0.2) is 14.5 Å². The van der Waals surface area contributed by atoms with Crippen molar-refractivity contribution < 1.29 is 9.59 Å². The fourth-order valence-corrected chi connectivity index (χ4v) is 7.61. The number of carbonyl (C=O) groups is 2. The van der Waals surface area contributed by atoms with Gasteiger partial charge in [0, 0.05) is 115 Å². The van der Waals surface area contributed by atoms with Crippen LogP contribution in [-0.2, 0) is 22.7 Å². The number of carbonyl (C=O) groups excluding carboxylic acids is 2. The lowest BCUT2D eigenvalue weighted by molar-refractivity contribution is -0.120. The Bertz CT molecular complexity index is 2410. The molecule has 0 aliphatic carbocycles. The molecule has 2 atom stereocenters. The van der Waals surface area contributed by atoms with E-state index in [1.165, 1.54) is 4.40 Å². The van der Waals surface area contributed by atoms with Crippen molar-refractivity contribution in [3.63, 3.8) is 0 Å². The molecule has 2 aliphatic heterocycles. The number of halogens is 2. The Morgan fingerprint density at radius 2 is 1.35 bits per heavy atom. The van der Waals surface area contributed by atoms with Gasteiger partial charge in [-0.15, -0.1) is 0 Å². The average Bonchev–Trinajstić information content (AvgIpc) is 3.89. The topological polar surface area (TPSA) is 147 Å². The van der Waals surface area contributed by atoms with Gasteiger partial charge in [0.15, 0.2) is 5.65 Å². The second-order valence-electron chi connectivity index (χ2n) is 13.2. The third-order valence-electron chi connectivity index (χ3n) is 9.70. The van der Waals surface area contributed by atoms with Crippen molar-refractivity contribution in [2.75, 3.05) is 13.1 Å². The van der Waals surface area contributed by atoms with Crippen molar-refractivity contribution in [3.8, 4) is 33.4 Å². The third kappa shape index (κ3) is 6.78. The first-order valence-corrected chi connectivity index (χ1v) is 18.0. The highest BCUT2D eigenvalue weighted by molar-refractivity contribution is 6.39. The lowest BCUT2D eigenvalue weighted by Crippen LogP contribution is -2.36. The molecule has 4 aromatic heterocycles. The maximum absolute atomic E-state index is 13.3. The molecule has 0 unspecified atom stereocenters. The Balaban J connectivity index is 1.01. The van der Waals surface area contributed by atoms with Crippen LogP contribution < -0.4 is 26.8 Å². The van der Waals surface area contributed by atoms with E-state index in [0.29, 0.717) is 60.3 Å². The Hall–Kier alpha value is -5.14. The molecule has 0 saturated carbocycles. The number of benzene rings is 2. The van der Waals surface area contributed by atoms with Crippen LogP contribution in [0.5, 0.6) is 0 Å². The lowest BCUT2D eigenvalue weighted by atomic mass is 9.96. The quantitative estimate of drug-likeness (QED) is 0.149. The van der Waals surface area contributed by atoms with Crippen LogP contribution in [0.2, 0.25) is 10.0 Å². The number of nitrogens with zero attached hydrogens (tertiary/aromatic N) is 5. The number of aromatic nitrogens is 5. The summed E-state index contributed by atoms with van der Waals surface area (Å²) in [5.74, 6) is 0.163. The Labute approximate surface area is 308 Å². The minimum atomic E-state index is -0.158. The Morgan fingerprint density at radius 1 is 0.731 bits per heavy atom. The molecule has 4 N–H and O–H groups in total. The SMILES string of the molecule is O=C1CC[C@H](CNCc2cnc3cc(-c4cccc(-c5cccc(-c6cnc7c(CNC[C@H]8CCC(=O)N8)cnn7c6)c5Cl)c4Cl)ccn3c2=O)N1. The number of fused-ring (bicyclic) bond motifs is 2. The molecule has 2 aliphatic rings. The molecular formula is C38H35Cl2N9O3. The predicted molar refractivity (Wildman–Crippen MR) is 200 cm³/mol. The van der Waals surface area contributed by atoms with E-state index in [9.17, 15) is 14.4 Å². The predicted octanol–water partition coefficient (Wildman–Crippen LogP) is 4.78. The molecule has 0 radical (unpaired) electrons. The van der Waals surface area contributed by atoms with E-state index in [0.717, 1.165) is 57.4 Å². The van der Waals surface area contributed by atoms with E-state index in [1.54, 1.807) is 29.3 Å². The summed E-state index contributed by atoms with van der Waals surface area (Å²) in [6.07, 6.45) is 11.5. The van der Waals surface area contributed by atoms with Crippen LogP contribution >= 0.6 is 23.2 Å². The molecule has 0 bridgehead atoms. The number of nitrogens with one attached hydrogen (secondary N) is 4. The molecule has 6 heterocycles. The summed E-state index contributed by atoms with van der Waals surface area (Å²) in [5, 5.41) is 18.1. The number of amides is 2. The van der Waals surface area contributed by atoms with Gasteiger partial charge in [-0.05, 0) is 30.5 Å². The molecule has 2 fully saturated rings. The normalized spacial score (nSPS) is 17.3. The average molecular weight is 737 g/mol. The summed E-state index contributed by atoms with van der Waals surface area (Å²) in [5.41, 5.74) is 7.27. The first-order valence-electron chi connectivity index (χ1n) is 17.2. The van der Waals surface area contributed by atoms with Gasteiger partial charge in [0.25, 0.3) is 5.56 Å². The van der Waals surface area contributed by atoms with E-state index >= 15 is 0 Å². The maximum atomic E-state index is 13.3. The summed E-state index contributed by atoms with van der Waals surface area (Å²) in [6, 6.07) is 15.5. The van der Waals surface area contributed by atoms with E-state index in [-0.39, 0.29) is 29.5 Å². The van der Waals surface area contributed by atoms with Crippen molar-refractivity contribution in [1.82, 2.24) is 45.2 Å². The van der Waals surface area contributed by atoms with Crippen LogP contribution in [-0.4, -0.2) is 61.0 Å². The molecule has 6 aromatic rings. The highest BCUT2D eigenvalue weighted by Crippen LogP contribution is 2.42. The van der Waals surface area contributed by atoms with Crippen molar-refractivity contribution >= 4 is 46.3 Å². The van der Waals surface area contributed by atoms with Crippen LogP contribution in [0.25, 0.3) is 44.7 Å². The lowest BCUT2D eigenvalue weighted by Gasteiger charge is -2.15. The smallest absolute Gasteiger partial charge is 0.262 e. The first-order chi connectivity index (χ1) is 25.3. The van der Waals surface area contributed by atoms with E-state index < -0.39 is 0 Å². The largest absolute Gasteiger partial charge is 0.352 e. The summed E-state index contributed by atoms with van der Waals surface area (Å²) in [7, 11) is 0. The first kappa shape index (κ1) is 34.0. The van der Waals surface area contributed by atoms with Gasteiger partial charge in [0.2, 0.25) is 11.8 Å². The van der Waals surface area contributed by atoms with Gasteiger partial charge in [0.1, 0.15) is 5.65 Å². The summed E-state index contributed by atoms with van der Waals surface area (Å²) >= 11 is 14.2. The summed E-state index contributed by atoms with van der Waals surface area (Å²) < 4.78 is 3.27. The van der Waals surface area contributed by atoms with Crippen LogP contribution in [0.3, 0.4) is 0 Å². The molecule has 14 heteroatoms. The van der Waals surface area contributed by atoms with Gasteiger partial charge in [-0.2, -0.15) is 5.10 Å². The Morgan fingerprint density at radius 3 is 1.98 bits per heavy atom. The van der Waals surface area contributed by atoms with Gasteiger partial charge in [-0.3, -0.25) is 18.8 Å². The van der Waals surface area contributed by atoms with Crippen LogP contribution in [0, 0.1) is 0 Å². The molecule has 52 heavy (non-hydrogen) atoms.